The van der Waals surface area contributed by atoms with Gasteiger partial charge in [-0.1, -0.05) is 41.5 Å². The smallest absolute Gasteiger partial charge is 0.306 e. The lowest BCUT2D eigenvalue weighted by Crippen LogP contribution is -2.46. The van der Waals surface area contributed by atoms with Crippen molar-refractivity contribution in [2.75, 3.05) is 19.8 Å². The molecule has 6 heteroatoms. The molecule has 6 nitrogen and oxygen atoms in total. The van der Waals surface area contributed by atoms with E-state index >= 15 is 0 Å². The highest BCUT2D eigenvalue weighted by Gasteiger charge is 2.41. The van der Waals surface area contributed by atoms with Gasteiger partial charge >= 0.3 is 5.97 Å². The third-order valence-corrected chi connectivity index (χ3v) is 3.55. The van der Waals surface area contributed by atoms with E-state index in [-0.39, 0.29) is 49.8 Å². The van der Waals surface area contributed by atoms with Gasteiger partial charge in [0.25, 0.3) is 0 Å². The number of carbonyl (C=O) groups is 3. The summed E-state index contributed by atoms with van der Waals surface area (Å²) in [6.45, 7) is 11.1. The molecule has 24 heavy (non-hydrogen) atoms. The molecule has 1 unspecified atom stereocenters. The lowest BCUT2D eigenvalue weighted by molar-refractivity contribution is -0.154. The number of rotatable bonds is 10. The molecule has 1 atom stereocenters. The van der Waals surface area contributed by atoms with Gasteiger partial charge in [-0.05, 0) is 11.8 Å². The Kier molecular flexibility index (Phi) is 9.18. The first-order valence-corrected chi connectivity index (χ1v) is 8.51. The van der Waals surface area contributed by atoms with E-state index in [4.69, 9.17) is 9.84 Å². The van der Waals surface area contributed by atoms with Crippen LogP contribution in [0.15, 0.2) is 0 Å². The summed E-state index contributed by atoms with van der Waals surface area (Å²) in [5.74, 6) is -1.86. The molecule has 0 aliphatic rings. The summed E-state index contributed by atoms with van der Waals surface area (Å²) >= 11 is 0. The zero-order chi connectivity index (χ0) is 19.0. The minimum absolute atomic E-state index is 0.00538. The number of hydrogen-bond donors (Lipinski definition) is 2. The van der Waals surface area contributed by atoms with Crippen LogP contribution in [0, 0.1) is 16.7 Å². The summed E-state index contributed by atoms with van der Waals surface area (Å²) in [6.07, 6.45) is 1.20. The summed E-state index contributed by atoms with van der Waals surface area (Å²) in [4.78, 5) is 36.7. The minimum atomic E-state index is -0.911. The van der Waals surface area contributed by atoms with Gasteiger partial charge in [-0.25, -0.2) is 0 Å². The molecule has 0 saturated carbocycles. The Morgan fingerprint density at radius 2 is 1.71 bits per heavy atom. The summed E-state index contributed by atoms with van der Waals surface area (Å²) in [5.41, 5.74) is -1.00. The lowest BCUT2D eigenvalue weighted by atomic mass is 9.75. The third-order valence-electron chi connectivity index (χ3n) is 3.55. The highest BCUT2D eigenvalue weighted by Crippen LogP contribution is 2.30. The van der Waals surface area contributed by atoms with Gasteiger partial charge < -0.3 is 15.2 Å². The second-order valence-corrected chi connectivity index (χ2v) is 8.05. The predicted molar refractivity (Wildman–Crippen MR) is 92.3 cm³/mol. The maximum absolute atomic E-state index is 12.4. The van der Waals surface area contributed by atoms with Crippen LogP contribution in [0.1, 0.15) is 60.8 Å². The molecule has 0 fully saturated rings. The highest BCUT2D eigenvalue weighted by atomic mass is 16.5. The molecule has 0 aromatic carbocycles. The lowest BCUT2D eigenvalue weighted by Gasteiger charge is -2.32. The molecule has 0 radical (unpaired) electrons. The first-order chi connectivity index (χ1) is 10.9. The molecule has 0 aromatic heterocycles. The Bertz CT molecular complexity index is 437. The van der Waals surface area contributed by atoms with Crippen molar-refractivity contribution in [3.63, 3.8) is 0 Å². The van der Waals surface area contributed by atoms with E-state index in [0.717, 1.165) is 0 Å². The largest absolute Gasteiger partial charge is 0.465 e. The Morgan fingerprint density at radius 3 is 2.17 bits per heavy atom. The van der Waals surface area contributed by atoms with Crippen LogP contribution in [-0.4, -0.2) is 42.5 Å². The number of esters is 1. The van der Waals surface area contributed by atoms with Crippen molar-refractivity contribution in [2.45, 2.75) is 60.8 Å². The van der Waals surface area contributed by atoms with Crippen molar-refractivity contribution < 1.29 is 24.2 Å². The minimum Gasteiger partial charge on any atom is -0.465 e. The van der Waals surface area contributed by atoms with Crippen molar-refractivity contribution in [3.05, 3.63) is 0 Å². The number of amides is 1. The fourth-order valence-electron chi connectivity index (χ4n) is 2.44. The van der Waals surface area contributed by atoms with Gasteiger partial charge in [0.05, 0.1) is 19.6 Å². The number of hydrogen-bond acceptors (Lipinski definition) is 5. The van der Waals surface area contributed by atoms with Crippen LogP contribution in [0.2, 0.25) is 0 Å². The predicted octanol–water partition coefficient (Wildman–Crippen LogP) is 2.09. The van der Waals surface area contributed by atoms with E-state index in [2.05, 4.69) is 5.32 Å². The molecule has 0 heterocycles. The van der Waals surface area contributed by atoms with Crippen molar-refractivity contribution in [3.8, 4) is 0 Å². The van der Waals surface area contributed by atoms with Crippen molar-refractivity contribution in [1.82, 2.24) is 5.32 Å². The number of aliphatic hydroxyl groups is 1. The van der Waals surface area contributed by atoms with Crippen LogP contribution in [0.5, 0.6) is 0 Å². The molecular formula is C18H33NO5. The fraction of sp³-hybridized carbons (Fsp3) is 0.833. The molecule has 0 saturated heterocycles. The maximum atomic E-state index is 12.4. The summed E-state index contributed by atoms with van der Waals surface area (Å²) in [7, 11) is 0. The number of ketones is 1. The van der Waals surface area contributed by atoms with Gasteiger partial charge in [0.15, 0.2) is 0 Å². The molecule has 2 N–H and O–H groups in total. The first kappa shape index (κ1) is 22.6. The quantitative estimate of drug-likeness (QED) is 0.468. The molecule has 0 rings (SSSR count). The maximum Gasteiger partial charge on any atom is 0.306 e. The Labute approximate surface area is 145 Å². The van der Waals surface area contributed by atoms with Gasteiger partial charge in [-0.2, -0.15) is 0 Å². The molecule has 0 aliphatic heterocycles. The number of carbonyl (C=O) groups excluding carboxylic acids is 3. The molecule has 0 aromatic rings. The third kappa shape index (κ3) is 8.43. The van der Waals surface area contributed by atoms with Gasteiger partial charge in [0.2, 0.25) is 5.91 Å². The fourth-order valence-corrected chi connectivity index (χ4v) is 2.44. The summed E-state index contributed by atoms with van der Waals surface area (Å²) in [6, 6.07) is 0. The van der Waals surface area contributed by atoms with Gasteiger partial charge in [-0.15, -0.1) is 0 Å². The SMILES string of the molecule is CCCC(=O)C(C(=O)NCCO)C(C)(C)COC(=O)CC(C)(C)C. The molecule has 0 spiro atoms. The van der Waals surface area contributed by atoms with Crippen LogP contribution >= 0.6 is 0 Å². The van der Waals surface area contributed by atoms with Crippen LogP contribution in [0.25, 0.3) is 0 Å². The van der Waals surface area contributed by atoms with Gasteiger partial charge in [0, 0.05) is 18.4 Å². The normalized spacial score (nSPS) is 13.3. The summed E-state index contributed by atoms with van der Waals surface area (Å²) in [5, 5.41) is 11.4. The summed E-state index contributed by atoms with van der Waals surface area (Å²) < 4.78 is 5.33. The Morgan fingerprint density at radius 1 is 1.12 bits per heavy atom. The number of aliphatic hydroxyl groups excluding tert-OH is 1. The van der Waals surface area contributed by atoms with Crippen molar-refractivity contribution in [1.29, 1.82) is 0 Å². The van der Waals surface area contributed by atoms with E-state index in [1.807, 2.05) is 27.7 Å². The molecule has 140 valence electrons. The van der Waals surface area contributed by atoms with Crippen LogP contribution in [0.4, 0.5) is 0 Å². The van der Waals surface area contributed by atoms with E-state index < -0.39 is 17.2 Å². The zero-order valence-electron chi connectivity index (χ0n) is 15.9. The monoisotopic (exact) mass is 343 g/mol. The number of Topliss-reactive ketones (excluding diaryl/α,β-unsaturated/α-hetero) is 1. The molecule has 0 bridgehead atoms. The molecule has 0 aliphatic carbocycles. The Hall–Kier alpha value is -1.43. The average Bonchev–Trinajstić information content (AvgIpc) is 2.41. The molecule has 1 amide bonds. The van der Waals surface area contributed by atoms with Gasteiger partial charge in [0.1, 0.15) is 11.7 Å². The van der Waals surface area contributed by atoms with E-state index in [0.29, 0.717) is 6.42 Å². The average molecular weight is 343 g/mol. The van der Waals surface area contributed by atoms with Crippen LogP contribution < -0.4 is 5.32 Å². The van der Waals surface area contributed by atoms with Gasteiger partial charge in [-0.3, -0.25) is 14.4 Å². The Balaban J connectivity index is 5.03. The van der Waals surface area contributed by atoms with Crippen molar-refractivity contribution >= 4 is 17.7 Å². The number of nitrogens with one attached hydrogen (secondary N) is 1. The van der Waals surface area contributed by atoms with Crippen LogP contribution in [-0.2, 0) is 19.1 Å². The standard InChI is InChI=1S/C18H33NO5/c1-7-8-13(21)15(16(23)19-9-10-20)18(5,6)12-24-14(22)11-17(2,3)4/h15,20H,7-12H2,1-6H3,(H,19,23). The second-order valence-electron chi connectivity index (χ2n) is 8.05. The van der Waals surface area contributed by atoms with Crippen LogP contribution in [0.3, 0.4) is 0 Å². The second kappa shape index (κ2) is 9.77. The van der Waals surface area contributed by atoms with E-state index in [1.165, 1.54) is 0 Å². The molecular weight excluding hydrogens is 310 g/mol. The number of ether oxygens (including phenoxy) is 1. The zero-order valence-corrected chi connectivity index (χ0v) is 15.9. The van der Waals surface area contributed by atoms with Crippen molar-refractivity contribution in [2.24, 2.45) is 16.7 Å². The van der Waals surface area contributed by atoms with E-state index in [1.54, 1.807) is 13.8 Å². The highest BCUT2D eigenvalue weighted by molar-refractivity contribution is 6.02. The topological polar surface area (TPSA) is 92.7 Å². The first-order valence-electron chi connectivity index (χ1n) is 8.51. The van der Waals surface area contributed by atoms with E-state index in [9.17, 15) is 14.4 Å².